The molecule has 0 amide bonds. The number of nitrogens with zero attached hydrogens (tertiary/aromatic N) is 2. The first kappa shape index (κ1) is 10.7. The molecule has 0 aliphatic carbocycles. The first-order valence-electron chi connectivity index (χ1n) is 4.64. The van der Waals surface area contributed by atoms with Gasteiger partial charge in [0.05, 0.1) is 0 Å². The van der Waals surface area contributed by atoms with Crippen molar-refractivity contribution < 1.29 is 4.74 Å². The third-order valence-corrected chi connectivity index (χ3v) is 1.76. The fraction of sp³-hybridized carbons (Fsp3) is 0.556. The lowest BCUT2D eigenvalue weighted by Crippen LogP contribution is -2.06. The van der Waals surface area contributed by atoms with Gasteiger partial charge in [-0.15, -0.1) is 0 Å². The average molecular weight is 196 g/mol. The smallest absolute Gasteiger partial charge is 0.221 e. The molecule has 0 saturated carbocycles. The van der Waals surface area contributed by atoms with E-state index in [0.29, 0.717) is 5.95 Å². The van der Waals surface area contributed by atoms with Crippen LogP contribution in [-0.4, -0.2) is 30.2 Å². The molecule has 0 bridgehead atoms. The molecule has 0 atom stereocenters. The molecule has 5 nitrogen and oxygen atoms in total. The van der Waals surface area contributed by atoms with Crippen LogP contribution in [0.1, 0.15) is 12.8 Å². The molecule has 1 rings (SSSR count). The van der Waals surface area contributed by atoms with Crippen LogP contribution in [0.15, 0.2) is 12.3 Å². The maximum absolute atomic E-state index is 5.43. The fourth-order valence-electron chi connectivity index (χ4n) is 1.06. The van der Waals surface area contributed by atoms with Crippen molar-refractivity contribution in [1.29, 1.82) is 0 Å². The lowest BCUT2D eigenvalue weighted by Gasteiger charge is -2.04. The maximum atomic E-state index is 5.43. The van der Waals surface area contributed by atoms with Crippen molar-refractivity contribution >= 4 is 11.8 Å². The van der Waals surface area contributed by atoms with Crippen LogP contribution in [0.3, 0.4) is 0 Å². The van der Waals surface area contributed by atoms with Crippen LogP contribution < -0.4 is 11.1 Å². The molecule has 3 N–H and O–H groups in total. The van der Waals surface area contributed by atoms with Gasteiger partial charge < -0.3 is 15.8 Å². The summed E-state index contributed by atoms with van der Waals surface area (Å²) in [6, 6.07) is 1.80. The van der Waals surface area contributed by atoms with E-state index in [9.17, 15) is 0 Å². The van der Waals surface area contributed by atoms with E-state index in [2.05, 4.69) is 15.3 Å². The first-order valence-corrected chi connectivity index (χ1v) is 4.64. The van der Waals surface area contributed by atoms with Gasteiger partial charge in [0.2, 0.25) is 5.95 Å². The molecule has 78 valence electrons. The minimum absolute atomic E-state index is 0.298. The Morgan fingerprint density at radius 1 is 1.50 bits per heavy atom. The minimum Gasteiger partial charge on any atom is -0.385 e. The molecule has 0 unspecified atom stereocenters. The van der Waals surface area contributed by atoms with Gasteiger partial charge in [0, 0.05) is 26.5 Å². The van der Waals surface area contributed by atoms with Crippen LogP contribution in [0.4, 0.5) is 11.8 Å². The predicted octanol–water partition coefficient (Wildman–Crippen LogP) is 0.897. The van der Waals surface area contributed by atoms with Crippen molar-refractivity contribution in [2.45, 2.75) is 12.8 Å². The van der Waals surface area contributed by atoms with Crippen LogP contribution >= 0.6 is 0 Å². The lowest BCUT2D eigenvalue weighted by molar-refractivity contribution is 0.194. The van der Waals surface area contributed by atoms with Crippen molar-refractivity contribution in [3.63, 3.8) is 0 Å². The number of hydrogen-bond acceptors (Lipinski definition) is 5. The standard InChI is InChI=1S/C9H16N4O/c1-14-7-3-2-5-11-8-4-6-12-9(10)13-8/h4,6H,2-3,5,7H2,1H3,(H3,10,11,12,13). The third-order valence-electron chi connectivity index (χ3n) is 1.76. The molecule has 0 aliphatic rings. The van der Waals surface area contributed by atoms with Gasteiger partial charge in [-0.1, -0.05) is 0 Å². The van der Waals surface area contributed by atoms with Gasteiger partial charge in [-0.05, 0) is 18.9 Å². The molecule has 0 aliphatic heterocycles. The molecule has 0 spiro atoms. The Morgan fingerprint density at radius 3 is 3.07 bits per heavy atom. The Hall–Kier alpha value is -1.36. The highest BCUT2D eigenvalue weighted by Gasteiger charge is 1.94. The highest BCUT2D eigenvalue weighted by atomic mass is 16.5. The summed E-state index contributed by atoms with van der Waals surface area (Å²) < 4.78 is 4.94. The van der Waals surface area contributed by atoms with E-state index in [1.54, 1.807) is 19.4 Å². The summed E-state index contributed by atoms with van der Waals surface area (Å²) in [4.78, 5) is 7.82. The zero-order valence-corrected chi connectivity index (χ0v) is 8.36. The Morgan fingerprint density at radius 2 is 2.36 bits per heavy atom. The SMILES string of the molecule is COCCCCNc1ccnc(N)n1. The Bertz CT molecular complexity index is 267. The van der Waals surface area contributed by atoms with Crippen LogP contribution in [0.2, 0.25) is 0 Å². The lowest BCUT2D eigenvalue weighted by atomic mass is 10.3. The van der Waals surface area contributed by atoms with E-state index in [4.69, 9.17) is 10.5 Å². The monoisotopic (exact) mass is 196 g/mol. The zero-order valence-electron chi connectivity index (χ0n) is 8.36. The van der Waals surface area contributed by atoms with Gasteiger partial charge in [-0.3, -0.25) is 0 Å². The number of rotatable bonds is 6. The Labute approximate surface area is 83.7 Å². The van der Waals surface area contributed by atoms with E-state index in [-0.39, 0.29) is 0 Å². The van der Waals surface area contributed by atoms with E-state index in [0.717, 1.165) is 31.8 Å². The second kappa shape index (κ2) is 6.15. The summed E-state index contributed by atoms with van der Waals surface area (Å²) >= 11 is 0. The molecule has 0 aromatic carbocycles. The molecule has 0 fully saturated rings. The second-order valence-electron chi connectivity index (χ2n) is 2.93. The number of ether oxygens (including phenoxy) is 1. The summed E-state index contributed by atoms with van der Waals surface area (Å²) in [5, 5.41) is 3.16. The van der Waals surface area contributed by atoms with Crippen molar-refractivity contribution in [2.75, 3.05) is 31.3 Å². The summed E-state index contributed by atoms with van der Waals surface area (Å²) in [7, 11) is 1.71. The number of anilines is 2. The Balaban J connectivity index is 2.18. The molecule has 1 aromatic rings. The van der Waals surface area contributed by atoms with Gasteiger partial charge in [-0.25, -0.2) is 4.98 Å². The van der Waals surface area contributed by atoms with Gasteiger partial charge >= 0.3 is 0 Å². The maximum Gasteiger partial charge on any atom is 0.221 e. The van der Waals surface area contributed by atoms with Crippen LogP contribution in [0.5, 0.6) is 0 Å². The van der Waals surface area contributed by atoms with E-state index >= 15 is 0 Å². The number of aromatic nitrogens is 2. The number of nitrogens with two attached hydrogens (primary N) is 1. The quantitative estimate of drug-likeness (QED) is 0.661. The molecule has 14 heavy (non-hydrogen) atoms. The summed E-state index contributed by atoms with van der Waals surface area (Å²) in [6.45, 7) is 1.67. The number of hydrogen-bond donors (Lipinski definition) is 2. The normalized spacial score (nSPS) is 10.1. The fourth-order valence-corrected chi connectivity index (χ4v) is 1.06. The minimum atomic E-state index is 0.298. The van der Waals surface area contributed by atoms with Crippen LogP contribution in [0, 0.1) is 0 Å². The van der Waals surface area contributed by atoms with Gasteiger partial charge in [0.25, 0.3) is 0 Å². The molecular formula is C9H16N4O. The third kappa shape index (κ3) is 4.04. The van der Waals surface area contributed by atoms with Crippen molar-refractivity contribution in [3.8, 4) is 0 Å². The second-order valence-corrected chi connectivity index (χ2v) is 2.93. The molecule has 0 radical (unpaired) electrons. The first-order chi connectivity index (χ1) is 6.83. The number of nitrogens with one attached hydrogen (secondary N) is 1. The molecule has 5 heteroatoms. The average Bonchev–Trinajstić information content (AvgIpc) is 2.18. The number of nitrogen functional groups attached to an aromatic ring is 1. The summed E-state index contributed by atoms with van der Waals surface area (Å²) in [5.41, 5.74) is 5.43. The van der Waals surface area contributed by atoms with Gasteiger partial charge in [0.15, 0.2) is 0 Å². The molecule has 0 saturated heterocycles. The van der Waals surface area contributed by atoms with Crippen LogP contribution in [-0.2, 0) is 4.74 Å². The van der Waals surface area contributed by atoms with Crippen molar-refractivity contribution in [2.24, 2.45) is 0 Å². The highest BCUT2D eigenvalue weighted by Crippen LogP contribution is 2.02. The predicted molar refractivity (Wildman–Crippen MR) is 56.0 cm³/mol. The highest BCUT2D eigenvalue weighted by molar-refractivity contribution is 5.36. The van der Waals surface area contributed by atoms with Crippen LogP contribution in [0.25, 0.3) is 0 Å². The van der Waals surface area contributed by atoms with Crippen molar-refractivity contribution in [3.05, 3.63) is 12.3 Å². The Kier molecular flexibility index (Phi) is 4.71. The van der Waals surface area contributed by atoms with E-state index in [1.807, 2.05) is 0 Å². The van der Waals surface area contributed by atoms with Crippen molar-refractivity contribution in [1.82, 2.24) is 9.97 Å². The van der Waals surface area contributed by atoms with Gasteiger partial charge in [-0.2, -0.15) is 4.98 Å². The zero-order chi connectivity index (χ0) is 10.2. The summed E-state index contributed by atoms with van der Waals surface area (Å²) in [6.07, 6.45) is 3.74. The van der Waals surface area contributed by atoms with E-state index < -0.39 is 0 Å². The number of methoxy groups -OCH3 is 1. The van der Waals surface area contributed by atoms with Gasteiger partial charge in [0.1, 0.15) is 5.82 Å². The number of unbranched alkanes of at least 4 members (excludes halogenated alkanes) is 1. The molecule has 1 aromatic heterocycles. The van der Waals surface area contributed by atoms with E-state index in [1.165, 1.54) is 0 Å². The molecular weight excluding hydrogens is 180 g/mol. The largest absolute Gasteiger partial charge is 0.385 e. The molecule has 1 heterocycles. The topological polar surface area (TPSA) is 73.1 Å². The summed E-state index contributed by atoms with van der Waals surface area (Å²) in [5.74, 6) is 1.07.